The Morgan fingerprint density at radius 1 is 1.04 bits per heavy atom. The van der Waals surface area contributed by atoms with Crippen LogP contribution in [0.2, 0.25) is 5.02 Å². The number of carbonyl (C=O) groups excluding carboxylic acids is 2. The highest BCUT2D eigenvalue weighted by atomic mass is 127. The molecule has 0 aliphatic carbocycles. The van der Waals surface area contributed by atoms with Crippen LogP contribution in [0.3, 0.4) is 0 Å². The Labute approximate surface area is 341 Å². The Bertz CT molecular complexity index is 2090. The largest absolute Gasteiger partial charge is 0.462 e. The highest BCUT2D eigenvalue weighted by molar-refractivity contribution is 14.1. The maximum atomic E-state index is 12.7. The minimum absolute atomic E-state index is 0.168. The quantitative estimate of drug-likeness (QED) is 0.0796. The van der Waals surface area contributed by atoms with Gasteiger partial charge < -0.3 is 24.2 Å². The van der Waals surface area contributed by atoms with Crippen molar-refractivity contribution >= 4 is 68.3 Å². The van der Waals surface area contributed by atoms with Crippen LogP contribution in [0.1, 0.15) is 48.9 Å². The Kier molecular flexibility index (Phi) is 12.7. The molecule has 55 heavy (non-hydrogen) atoms. The second-order valence-electron chi connectivity index (χ2n) is 14.3. The number of anilines is 2. The first-order chi connectivity index (χ1) is 26.8. The van der Waals surface area contributed by atoms with Crippen molar-refractivity contribution in [3.8, 4) is 12.1 Å². The molecule has 1 aromatic heterocycles. The lowest BCUT2D eigenvalue weighted by molar-refractivity contribution is -0.145. The van der Waals surface area contributed by atoms with Gasteiger partial charge in [-0.3, -0.25) is 14.5 Å². The molecular weight excluding hydrogens is 829 g/mol. The van der Waals surface area contributed by atoms with Gasteiger partial charge in [-0.05, 0) is 103 Å². The number of carbonyl (C=O) groups is 2. The van der Waals surface area contributed by atoms with E-state index in [1.807, 2.05) is 36.4 Å². The Balaban J connectivity index is 1.07. The molecule has 2 saturated heterocycles. The number of amides is 1. The van der Waals surface area contributed by atoms with Crippen LogP contribution in [0.5, 0.6) is 6.01 Å². The highest BCUT2D eigenvalue weighted by Gasteiger charge is 2.34. The summed E-state index contributed by atoms with van der Waals surface area (Å²) in [4.78, 5) is 43.9. The van der Waals surface area contributed by atoms with Crippen LogP contribution in [0.4, 0.5) is 11.5 Å². The molecule has 0 bridgehead atoms. The number of fused-ring (bicyclic) bond motifs is 2. The number of esters is 1. The summed E-state index contributed by atoms with van der Waals surface area (Å²) in [5, 5.41) is 12.5. The lowest BCUT2D eigenvalue weighted by Crippen LogP contribution is -2.55. The zero-order valence-corrected chi connectivity index (χ0v) is 33.8. The molecule has 2 fully saturated rings. The van der Waals surface area contributed by atoms with Crippen molar-refractivity contribution in [2.45, 2.75) is 63.8 Å². The molecule has 7 rings (SSSR count). The fourth-order valence-electron chi connectivity index (χ4n) is 8.03. The summed E-state index contributed by atoms with van der Waals surface area (Å²) in [6.45, 7) is 8.91. The smallest absolute Gasteiger partial charge is 0.318 e. The molecule has 0 saturated carbocycles. The number of likely N-dealkylation sites (tertiary alicyclic amines) is 1. The van der Waals surface area contributed by atoms with Crippen molar-refractivity contribution in [3.05, 3.63) is 98.7 Å². The maximum absolute atomic E-state index is 12.7. The van der Waals surface area contributed by atoms with Crippen LogP contribution in [0.15, 0.2) is 73.3 Å². The average molecular weight is 874 g/mol. The van der Waals surface area contributed by atoms with E-state index in [2.05, 4.69) is 74.2 Å². The summed E-state index contributed by atoms with van der Waals surface area (Å²) in [5.74, 6) is 0.446. The number of ether oxygens (including phenoxy) is 2. The van der Waals surface area contributed by atoms with E-state index in [0.29, 0.717) is 63.1 Å². The van der Waals surface area contributed by atoms with Gasteiger partial charge in [-0.1, -0.05) is 54.6 Å². The summed E-state index contributed by atoms with van der Waals surface area (Å²) in [6, 6.07) is 22.7. The van der Waals surface area contributed by atoms with Gasteiger partial charge in [0.1, 0.15) is 19.0 Å². The molecular formula is C42H45ClIN7O4. The molecule has 11 nitrogen and oxygen atoms in total. The van der Waals surface area contributed by atoms with Crippen molar-refractivity contribution in [2.24, 2.45) is 0 Å². The molecule has 0 radical (unpaired) electrons. The van der Waals surface area contributed by atoms with Crippen LogP contribution in [-0.2, 0) is 33.9 Å². The molecule has 0 spiro atoms. The van der Waals surface area contributed by atoms with Crippen LogP contribution in [0.25, 0.3) is 10.8 Å². The number of nitriles is 1. The Morgan fingerprint density at radius 3 is 2.69 bits per heavy atom. The lowest BCUT2D eigenvalue weighted by Gasteiger charge is -2.42. The first-order valence-corrected chi connectivity index (χ1v) is 20.4. The third-order valence-corrected chi connectivity index (χ3v) is 11.8. The Hall–Kier alpha value is -4.45. The summed E-state index contributed by atoms with van der Waals surface area (Å²) < 4.78 is 13.1. The van der Waals surface area contributed by atoms with Gasteiger partial charge in [0, 0.05) is 58.8 Å². The van der Waals surface area contributed by atoms with Crippen molar-refractivity contribution in [1.82, 2.24) is 19.8 Å². The zero-order chi connectivity index (χ0) is 38.3. The monoisotopic (exact) mass is 873 g/mol. The average Bonchev–Trinajstić information content (AvgIpc) is 3.65. The molecule has 3 aliphatic heterocycles. The molecule has 2 atom stereocenters. The molecule has 0 unspecified atom stereocenters. The molecule has 4 heterocycles. The van der Waals surface area contributed by atoms with E-state index in [-0.39, 0.29) is 37.0 Å². The van der Waals surface area contributed by atoms with Gasteiger partial charge in [0.05, 0.1) is 35.8 Å². The van der Waals surface area contributed by atoms with Crippen LogP contribution in [-0.4, -0.2) is 89.6 Å². The number of rotatable bonds is 13. The second-order valence-corrected chi connectivity index (χ2v) is 15.9. The first-order valence-electron chi connectivity index (χ1n) is 18.9. The van der Waals surface area contributed by atoms with E-state index in [0.717, 1.165) is 75.1 Å². The summed E-state index contributed by atoms with van der Waals surface area (Å²) in [5.41, 5.74) is 4.00. The summed E-state index contributed by atoms with van der Waals surface area (Å²) in [7, 11) is 0. The molecule has 3 aromatic carbocycles. The fraction of sp³-hybridized carbons (Fsp3) is 0.405. The minimum Gasteiger partial charge on any atom is -0.462 e. The fourth-order valence-corrected chi connectivity index (χ4v) is 8.92. The SMILES string of the molecule is C=CC(=O)N1CCN(c2nc(OC[C@@H]3CCCN3CCCC(=O)OCc3cccc(I)c3)nc3c2CCN(c2cccc4cccc(Cl)c24)C3)C[C@@H]1CC#N. The molecule has 1 amide bonds. The van der Waals surface area contributed by atoms with Crippen LogP contribution >= 0.6 is 34.2 Å². The van der Waals surface area contributed by atoms with Crippen molar-refractivity contribution in [2.75, 3.05) is 55.7 Å². The third kappa shape index (κ3) is 9.17. The molecule has 4 aromatic rings. The van der Waals surface area contributed by atoms with Gasteiger partial charge in [0.2, 0.25) is 5.91 Å². The third-order valence-electron chi connectivity index (χ3n) is 10.8. The number of aromatic nitrogens is 2. The molecule has 286 valence electrons. The van der Waals surface area contributed by atoms with Crippen molar-refractivity contribution < 1.29 is 19.1 Å². The molecule has 3 aliphatic rings. The number of hydrogen-bond acceptors (Lipinski definition) is 10. The van der Waals surface area contributed by atoms with Gasteiger partial charge in [0.25, 0.3) is 0 Å². The second kappa shape index (κ2) is 18.0. The van der Waals surface area contributed by atoms with E-state index in [1.165, 1.54) is 6.08 Å². The minimum atomic E-state index is -0.288. The molecule has 13 heteroatoms. The number of benzene rings is 3. The topological polar surface area (TPSA) is 115 Å². The predicted molar refractivity (Wildman–Crippen MR) is 222 cm³/mol. The van der Waals surface area contributed by atoms with Gasteiger partial charge in [-0.2, -0.15) is 15.2 Å². The summed E-state index contributed by atoms with van der Waals surface area (Å²) >= 11 is 9.02. The van der Waals surface area contributed by atoms with E-state index in [4.69, 9.17) is 31.0 Å². The van der Waals surface area contributed by atoms with E-state index >= 15 is 0 Å². The van der Waals surface area contributed by atoms with E-state index in [9.17, 15) is 14.9 Å². The van der Waals surface area contributed by atoms with Gasteiger partial charge in [-0.25, -0.2) is 0 Å². The zero-order valence-electron chi connectivity index (χ0n) is 30.8. The normalized spacial score (nSPS) is 18.5. The highest BCUT2D eigenvalue weighted by Crippen LogP contribution is 2.37. The number of nitrogens with zero attached hydrogens (tertiary/aromatic N) is 7. The Morgan fingerprint density at radius 2 is 1.87 bits per heavy atom. The van der Waals surface area contributed by atoms with E-state index < -0.39 is 0 Å². The lowest BCUT2D eigenvalue weighted by atomic mass is 10.0. The van der Waals surface area contributed by atoms with Gasteiger partial charge in [-0.15, -0.1) is 0 Å². The first kappa shape index (κ1) is 38.8. The van der Waals surface area contributed by atoms with Crippen molar-refractivity contribution in [1.29, 1.82) is 5.26 Å². The van der Waals surface area contributed by atoms with Gasteiger partial charge in [0.15, 0.2) is 0 Å². The molecule has 0 N–H and O–H groups in total. The van der Waals surface area contributed by atoms with Crippen LogP contribution < -0.4 is 14.5 Å². The maximum Gasteiger partial charge on any atom is 0.318 e. The predicted octanol–water partition coefficient (Wildman–Crippen LogP) is 6.93. The van der Waals surface area contributed by atoms with Crippen molar-refractivity contribution in [3.63, 3.8) is 0 Å². The number of halogens is 2. The standard InChI is InChI=1S/C42H45ClIN7O4/c1-2-38(52)51-23-22-50(25-32(51)16-18-45)41-34-17-21-49(37-14-5-10-30-9-4-13-35(43)40(30)37)26-36(34)46-42(47-41)55-28-33-12-6-19-48(33)20-7-15-39(53)54-27-29-8-3-11-31(44)24-29/h2-5,8-11,13-14,24,32-33H,1,6-7,12,15-17,19-23,25-28H2/t32-,33-/m0/s1. The summed E-state index contributed by atoms with van der Waals surface area (Å²) in [6.07, 6.45) is 5.35. The van der Waals surface area contributed by atoms with Crippen LogP contribution in [0, 0.1) is 14.9 Å². The van der Waals surface area contributed by atoms with Gasteiger partial charge >= 0.3 is 12.0 Å². The number of hydrogen-bond donors (Lipinski definition) is 0. The van der Waals surface area contributed by atoms with E-state index in [1.54, 1.807) is 4.90 Å². The number of piperazine rings is 1.